The molecule has 1 aromatic heterocycles. The second-order valence-corrected chi connectivity index (χ2v) is 5.29. The Labute approximate surface area is 141 Å². The van der Waals surface area contributed by atoms with Crippen molar-refractivity contribution in [3.05, 3.63) is 45.6 Å². The van der Waals surface area contributed by atoms with Crippen molar-refractivity contribution >= 4 is 40.9 Å². The predicted octanol–water partition coefficient (Wildman–Crippen LogP) is 2.57. The van der Waals surface area contributed by atoms with Gasteiger partial charge in [-0.25, -0.2) is 4.79 Å². The van der Waals surface area contributed by atoms with E-state index in [1.165, 1.54) is 24.3 Å². The van der Waals surface area contributed by atoms with Crippen molar-refractivity contribution in [3.63, 3.8) is 0 Å². The maximum Gasteiger partial charge on any atom is 0.356 e. The number of nitrogens with one attached hydrogen (secondary N) is 2. The van der Waals surface area contributed by atoms with E-state index >= 15 is 0 Å². The molecular formula is C14H13Cl2N3O4. The Morgan fingerprint density at radius 2 is 2.13 bits per heavy atom. The Bertz CT molecular complexity index is 733. The first-order chi connectivity index (χ1) is 10.9. The van der Waals surface area contributed by atoms with E-state index in [2.05, 4.69) is 15.5 Å². The number of ether oxygens (including phenoxy) is 1. The number of hydrogen-bond acceptors (Lipinski definition) is 5. The fourth-order valence-electron chi connectivity index (χ4n) is 1.76. The van der Waals surface area contributed by atoms with Crippen LogP contribution in [0.4, 0.5) is 5.82 Å². The van der Waals surface area contributed by atoms with Crippen LogP contribution in [0, 0.1) is 0 Å². The number of benzene rings is 1. The van der Waals surface area contributed by atoms with Gasteiger partial charge < -0.3 is 15.2 Å². The standard InChI is InChI=1S/C14H13Cl2N3O4/c1-2-23-14(22)10-6-11(19-18-10)17-13(21)12(20)8-4-3-7(15)5-9(8)16/h3-6,12,20H,2H2,1H3,(H2,17,18,19,21). The number of esters is 1. The minimum absolute atomic E-state index is 0.0715. The van der Waals surface area contributed by atoms with Crippen LogP contribution in [0.2, 0.25) is 10.0 Å². The number of aliphatic hydroxyl groups excluding tert-OH is 1. The lowest BCUT2D eigenvalue weighted by atomic mass is 10.1. The third-order valence-electron chi connectivity index (χ3n) is 2.83. The van der Waals surface area contributed by atoms with Crippen LogP contribution in [0.3, 0.4) is 0 Å². The molecule has 23 heavy (non-hydrogen) atoms. The number of anilines is 1. The normalized spacial score (nSPS) is 11.8. The van der Waals surface area contributed by atoms with Crippen LogP contribution >= 0.6 is 23.2 Å². The molecule has 1 aromatic carbocycles. The molecule has 3 N–H and O–H groups in total. The lowest BCUT2D eigenvalue weighted by molar-refractivity contribution is -0.124. The smallest absolute Gasteiger partial charge is 0.356 e. The van der Waals surface area contributed by atoms with Gasteiger partial charge in [-0.1, -0.05) is 29.3 Å². The lowest BCUT2D eigenvalue weighted by Crippen LogP contribution is -2.21. The number of carbonyl (C=O) groups excluding carboxylic acids is 2. The van der Waals surface area contributed by atoms with Crippen molar-refractivity contribution in [2.45, 2.75) is 13.0 Å². The number of halogens is 2. The number of nitrogens with zero attached hydrogens (tertiary/aromatic N) is 1. The third kappa shape index (κ3) is 4.22. The summed E-state index contributed by atoms with van der Waals surface area (Å²) < 4.78 is 4.79. The fraction of sp³-hybridized carbons (Fsp3) is 0.214. The molecule has 0 bridgehead atoms. The molecule has 1 heterocycles. The summed E-state index contributed by atoms with van der Waals surface area (Å²) in [6.45, 7) is 1.89. The molecular weight excluding hydrogens is 345 g/mol. The van der Waals surface area contributed by atoms with E-state index in [9.17, 15) is 14.7 Å². The van der Waals surface area contributed by atoms with Crippen LogP contribution in [0.15, 0.2) is 24.3 Å². The summed E-state index contributed by atoms with van der Waals surface area (Å²) in [5.41, 5.74) is 0.288. The van der Waals surface area contributed by atoms with E-state index in [4.69, 9.17) is 27.9 Å². The molecule has 1 atom stereocenters. The predicted molar refractivity (Wildman–Crippen MR) is 84.6 cm³/mol. The van der Waals surface area contributed by atoms with Gasteiger partial charge in [0.2, 0.25) is 0 Å². The molecule has 0 spiro atoms. The van der Waals surface area contributed by atoms with E-state index in [1.54, 1.807) is 6.92 Å². The third-order valence-corrected chi connectivity index (χ3v) is 3.39. The van der Waals surface area contributed by atoms with Gasteiger partial charge in [-0.2, -0.15) is 5.10 Å². The Morgan fingerprint density at radius 1 is 1.39 bits per heavy atom. The number of aromatic nitrogens is 2. The summed E-state index contributed by atoms with van der Waals surface area (Å²) in [4.78, 5) is 23.5. The van der Waals surface area contributed by atoms with E-state index < -0.39 is 18.0 Å². The molecule has 0 aliphatic heterocycles. The Hall–Kier alpha value is -2.09. The molecule has 0 aliphatic rings. The van der Waals surface area contributed by atoms with E-state index in [0.717, 1.165) is 0 Å². The van der Waals surface area contributed by atoms with Crippen LogP contribution in [0.5, 0.6) is 0 Å². The van der Waals surface area contributed by atoms with Crippen molar-refractivity contribution < 1.29 is 19.4 Å². The summed E-state index contributed by atoms with van der Waals surface area (Å²) in [5, 5.41) is 19.1. The lowest BCUT2D eigenvalue weighted by Gasteiger charge is -2.12. The quantitative estimate of drug-likeness (QED) is 0.713. The molecule has 0 radical (unpaired) electrons. The molecule has 9 heteroatoms. The van der Waals surface area contributed by atoms with Crippen LogP contribution in [-0.2, 0) is 9.53 Å². The first kappa shape index (κ1) is 17.3. The SMILES string of the molecule is CCOC(=O)c1cc(NC(=O)C(O)c2ccc(Cl)cc2Cl)n[nH]1. The monoisotopic (exact) mass is 357 g/mol. The van der Waals surface area contributed by atoms with Gasteiger partial charge in [-0.05, 0) is 19.1 Å². The number of aromatic amines is 1. The van der Waals surface area contributed by atoms with Gasteiger partial charge in [0.25, 0.3) is 5.91 Å². The zero-order chi connectivity index (χ0) is 17.0. The molecule has 1 unspecified atom stereocenters. The summed E-state index contributed by atoms with van der Waals surface area (Å²) in [7, 11) is 0. The molecule has 2 rings (SSSR count). The van der Waals surface area contributed by atoms with E-state index in [0.29, 0.717) is 5.02 Å². The van der Waals surface area contributed by atoms with Crippen molar-refractivity contribution in [3.8, 4) is 0 Å². The topological polar surface area (TPSA) is 104 Å². The average molecular weight is 358 g/mol. The average Bonchev–Trinajstić information content (AvgIpc) is 2.95. The van der Waals surface area contributed by atoms with Crippen LogP contribution in [0.25, 0.3) is 0 Å². The van der Waals surface area contributed by atoms with Crippen molar-refractivity contribution in [1.82, 2.24) is 10.2 Å². The van der Waals surface area contributed by atoms with E-state index in [1.807, 2.05) is 0 Å². The molecule has 0 fully saturated rings. The summed E-state index contributed by atoms with van der Waals surface area (Å²) in [6.07, 6.45) is -1.51. The summed E-state index contributed by atoms with van der Waals surface area (Å²) in [5.74, 6) is -1.28. The van der Waals surface area contributed by atoms with Gasteiger partial charge in [-0.15, -0.1) is 0 Å². The van der Waals surface area contributed by atoms with Crippen molar-refractivity contribution in [1.29, 1.82) is 0 Å². The second kappa shape index (κ2) is 7.45. The Morgan fingerprint density at radius 3 is 2.78 bits per heavy atom. The van der Waals surface area contributed by atoms with Crippen molar-refractivity contribution in [2.24, 2.45) is 0 Å². The molecule has 122 valence electrons. The highest BCUT2D eigenvalue weighted by Gasteiger charge is 2.21. The minimum atomic E-state index is -1.51. The van der Waals surface area contributed by atoms with Gasteiger partial charge in [0.15, 0.2) is 11.9 Å². The van der Waals surface area contributed by atoms with Gasteiger partial charge in [0.1, 0.15) is 5.69 Å². The van der Waals surface area contributed by atoms with Gasteiger partial charge in [0, 0.05) is 21.7 Å². The van der Waals surface area contributed by atoms with Gasteiger partial charge in [0.05, 0.1) is 6.61 Å². The van der Waals surface area contributed by atoms with Crippen LogP contribution < -0.4 is 5.32 Å². The first-order valence-corrected chi connectivity index (χ1v) is 7.34. The Balaban J connectivity index is 2.08. The van der Waals surface area contributed by atoms with E-state index in [-0.39, 0.29) is 28.7 Å². The molecule has 7 nitrogen and oxygen atoms in total. The maximum atomic E-state index is 12.0. The number of H-pyrrole nitrogens is 1. The number of carbonyl (C=O) groups is 2. The van der Waals surface area contributed by atoms with Crippen molar-refractivity contribution in [2.75, 3.05) is 11.9 Å². The van der Waals surface area contributed by atoms with Crippen LogP contribution in [0.1, 0.15) is 29.1 Å². The fourth-order valence-corrected chi connectivity index (χ4v) is 2.27. The molecule has 0 saturated carbocycles. The number of amides is 1. The Kier molecular flexibility index (Phi) is 5.59. The number of hydrogen-bond donors (Lipinski definition) is 3. The number of aliphatic hydroxyl groups is 1. The maximum absolute atomic E-state index is 12.0. The minimum Gasteiger partial charge on any atom is -0.461 e. The first-order valence-electron chi connectivity index (χ1n) is 6.58. The highest BCUT2D eigenvalue weighted by atomic mass is 35.5. The summed E-state index contributed by atoms with van der Waals surface area (Å²) in [6, 6.07) is 5.67. The summed E-state index contributed by atoms with van der Waals surface area (Å²) >= 11 is 11.7. The largest absolute Gasteiger partial charge is 0.461 e. The highest BCUT2D eigenvalue weighted by molar-refractivity contribution is 6.35. The molecule has 2 aromatic rings. The second-order valence-electron chi connectivity index (χ2n) is 4.44. The number of rotatable bonds is 5. The van der Waals surface area contributed by atoms with Gasteiger partial charge >= 0.3 is 5.97 Å². The zero-order valence-electron chi connectivity index (χ0n) is 12.0. The molecule has 0 saturated heterocycles. The van der Waals surface area contributed by atoms with Gasteiger partial charge in [-0.3, -0.25) is 9.89 Å². The zero-order valence-corrected chi connectivity index (χ0v) is 13.5. The van der Waals surface area contributed by atoms with Crippen LogP contribution in [-0.4, -0.2) is 33.8 Å². The highest BCUT2D eigenvalue weighted by Crippen LogP contribution is 2.27. The molecule has 0 aliphatic carbocycles. The molecule has 1 amide bonds.